The first-order chi connectivity index (χ1) is 9.75. The molecule has 2 aliphatic heterocycles. The summed E-state index contributed by atoms with van der Waals surface area (Å²) < 4.78 is 2.22. The monoisotopic (exact) mass is 290 g/mol. The smallest absolute Gasteiger partial charge is 0.201 e. The summed E-state index contributed by atoms with van der Waals surface area (Å²) in [7, 11) is 0. The maximum atomic E-state index is 6.24. The Labute approximate surface area is 123 Å². The molecule has 1 aromatic carbocycles. The second kappa shape index (κ2) is 4.64. The number of aromatic nitrogens is 2. The topological polar surface area (TPSA) is 47.1 Å². The Morgan fingerprint density at radius 3 is 2.95 bits per heavy atom. The molecule has 2 aliphatic rings. The lowest BCUT2D eigenvalue weighted by Gasteiger charge is -2.33. The van der Waals surface area contributed by atoms with Crippen LogP contribution in [0.15, 0.2) is 18.2 Å². The van der Waals surface area contributed by atoms with Crippen molar-refractivity contribution in [2.45, 2.75) is 37.8 Å². The molecule has 1 aromatic heterocycles. The van der Waals surface area contributed by atoms with Crippen molar-refractivity contribution in [3.8, 4) is 0 Å². The van der Waals surface area contributed by atoms with E-state index < -0.39 is 0 Å². The van der Waals surface area contributed by atoms with Crippen LogP contribution in [0.2, 0.25) is 5.02 Å². The van der Waals surface area contributed by atoms with E-state index in [0.717, 1.165) is 17.5 Å². The number of halogens is 1. The number of nitrogens with two attached hydrogens (primary N) is 1. The summed E-state index contributed by atoms with van der Waals surface area (Å²) in [4.78, 5) is 7.10. The highest BCUT2D eigenvalue weighted by molar-refractivity contribution is 6.35. The summed E-state index contributed by atoms with van der Waals surface area (Å²) in [5.41, 5.74) is 8.11. The minimum absolute atomic E-state index is 0.443. The zero-order valence-electron chi connectivity index (χ0n) is 11.4. The summed E-state index contributed by atoms with van der Waals surface area (Å²) in [6.45, 7) is 2.41. The van der Waals surface area contributed by atoms with Gasteiger partial charge in [0, 0.05) is 12.6 Å². The van der Waals surface area contributed by atoms with Gasteiger partial charge in [-0.15, -0.1) is 0 Å². The second-order valence-corrected chi connectivity index (χ2v) is 6.31. The van der Waals surface area contributed by atoms with Crippen molar-refractivity contribution in [1.82, 2.24) is 14.5 Å². The normalized spacial score (nSPS) is 27.1. The highest BCUT2D eigenvalue weighted by Crippen LogP contribution is 2.39. The number of nitrogen functional groups attached to an aromatic ring is 1. The molecule has 2 N–H and O–H groups in total. The van der Waals surface area contributed by atoms with Crippen LogP contribution in [0.25, 0.3) is 11.0 Å². The summed E-state index contributed by atoms with van der Waals surface area (Å²) in [5, 5.41) is 0.687. The van der Waals surface area contributed by atoms with Crippen LogP contribution < -0.4 is 5.73 Å². The molecule has 2 saturated heterocycles. The first-order valence-electron chi connectivity index (χ1n) is 7.41. The quantitative estimate of drug-likeness (QED) is 0.878. The highest BCUT2D eigenvalue weighted by atomic mass is 35.5. The van der Waals surface area contributed by atoms with Crippen molar-refractivity contribution < 1.29 is 0 Å². The second-order valence-electron chi connectivity index (χ2n) is 5.90. The molecule has 4 nitrogen and oxygen atoms in total. The van der Waals surface area contributed by atoms with Crippen LogP contribution in [0.3, 0.4) is 0 Å². The lowest BCUT2D eigenvalue weighted by molar-refractivity contribution is 0.175. The average molecular weight is 291 g/mol. The summed E-state index contributed by atoms with van der Waals surface area (Å²) >= 11 is 6.24. The van der Waals surface area contributed by atoms with Gasteiger partial charge in [-0.05, 0) is 37.9 Å². The third kappa shape index (κ3) is 1.75. The van der Waals surface area contributed by atoms with Gasteiger partial charge in [0.2, 0.25) is 5.95 Å². The van der Waals surface area contributed by atoms with Crippen molar-refractivity contribution in [1.29, 1.82) is 0 Å². The molecule has 4 rings (SSSR count). The van der Waals surface area contributed by atoms with E-state index in [1.807, 2.05) is 12.1 Å². The predicted molar refractivity (Wildman–Crippen MR) is 82.0 cm³/mol. The van der Waals surface area contributed by atoms with Gasteiger partial charge in [-0.25, -0.2) is 4.98 Å². The van der Waals surface area contributed by atoms with E-state index in [0.29, 0.717) is 23.1 Å². The Morgan fingerprint density at radius 2 is 2.05 bits per heavy atom. The number of imidazole rings is 1. The molecule has 0 spiro atoms. The zero-order chi connectivity index (χ0) is 13.7. The maximum absolute atomic E-state index is 6.24. The van der Waals surface area contributed by atoms with Gasteiger partial charge in [0.05, 0.1) is 16.6 Å². The number of hydrogen-bond acceptors (Lipinski definition) is 3. The van der Waals surface area contributed by atoms with Gasteiger partial charge in [0.25, 0.3) is 0 Å². The number of para-hydroxylation sites is 1. The van der Waals surface area contributed by atoms with E-state index in [2.05, 4.69) is 20.5 Å². The summed E-state index contributed by atoms with van der Waals surface area (Å²) in [6.07, 6.45) is 5.08. The third-order valence-corrected chi connectivity index (χ3v) is 5.16. The molecule has 0 bridgehead atoms. The predicted octanol–water partition coefficient (Wildman–Crippen LogP) is 3.07. The minimum Gasteiger partial charge on any atom is -0.369 e. The Morgan fingerprint density at radius 1 is 1.15 bits per heavy atom. The van der Waals surface area contributed by atoms with Gasteiger partial charge >= 0.3 is 0 Å². The van der Waals surface area contributed by atoms with Gasteiger partial charge in [-0.1, -0.05) is 24.1 Å². The first kappa shape index (κ1) is 12.5. The Bertz CT molecular complexity index is 651. The first-order valence-corrected chi connectivity index (χ1v) is 7.79. The number of piperidine rings is 1. The van der Waals surface area contributed by atoms with Gasteiger partial charge < -0.3 is 10.3 Å². The number of anilines is 1. The molecule has 2 aromatic rings. The van der Waals surface area contributed by atoms with Crippen LogP contribution in [0.5, 0.6) is 0 Å². The number of fused-ring (bicyclic) bond motifs is 2. The fraction of sp³-hybridized carbons (Fsp3) is 0.533. The van der Waals surface area contributed by atoms with Crippen molar-refractivity contribution in [2.24, 2.45) is 0 Å². The number of nitrogens with zero attached hydrogens (tertiary/aromatic N) is 3. The molecule has 5 heteroatoms. The van der Waals surface area contributed by atoms with Gasteiger partial charge in [-0.2, -0.15) is 0 Å². The molecule has 0 radical (unpaired) electrons. The number of benzene rings is 1. The standard InChI is InChI=1S/C15H19ClN4/c16-10-4-3-6-13-14(10)18-15(17)20(13)12-7-9-19-8-2-1-5-11(12)19/h3-4,6,11-12H,1-2,5,7-9H2,(H2,17,18). The van der Waals surface area contributed by atoms with E-state index in [-0.39, 0.29) is 0 Å². The van der Waals surface area contributed by atoms with Crippen LogP contribution >= 0.6 is 11.6 Å². The Kier molecular flexibility index (Phi) is 2.89. The molecular weight excluding hydrogens is 272 g/mol. The van der Waals surface area contributed by atoms with E-state index in [1.165, 1.54) is 32.4 Å². The fourth-order valence-corrected chi connectivity index (χ4v) is 4.18. The average Bonchev–Trinajstić information content (AvgIpc) is 3.00. The van der Waals surface area contributed by atoms with Crippen LogP contribution in [0, 0.1) is 0 Å². The molecule has 0 aliphatic carbocycles. The van der Waals surface area contributed by atoms with E-state index in [4.69, 9.17) is 17.3 Å². The molecule has 0 saturated carbocycles. The fourth-order valence-electron chi connectivity index (χ4n) is 3.97. The lowest BCUT2D eigenvalue weighted by atomic mass is 9.99. The maximum Gasteiger partial charge on any atom is 0.201 e. The van der Waals surface area contributed by atoms with E-state index in [9.17, 15) is 0 Å². The van der Waals surface area contributed by atoms with Crippen LogP contribution in [0.4, 0.5) is 5.95 Å². The molecule has 20 heavy (non-hydrogen) atoms. The Hall–Kier alpha value is -1.26. The van der Waals surface area contributed by atoms with Crippen LogP contribution in [0.1, 0.15) is 31.7 Å². The zero-order valence-corrected chi connectivity index (χ0v) is 12.2. The molecule has 2 fully saturated rings. The highest BCUT2D eigenvalue weighted by Gasteiger charge is 2.37. The molecular formula is C15H19ClN4. The SMILES string of the molecule is Nc1nc2c(Cl)cccc2n1C1CCN2CCCCC12. The van der Waals surface area contributed by atoms with Crippen molar-refractivity contribution in [2.75, 3.05) is 18.8 Å². The van der Waals surface area contributed by atoms with Crippen LogP contribution in [-0.4, -0.2) is 33.6 Å². The van der Waals surface area contributed by atoms with E-state index in [1.54, 1.807) is 0 Å². The molecule has 106 valence electrons. The van der Waals surface area contributed by atoms with Crippen molar-refractivity contribution in [3.05, 3.63) is 23.2 Å². The summed E-state index contributed by atoms with van der Waals surface area (Å²) in [5.74, 6) is 0.602. The van der Waals surface area contributed by atoms with Gasteiger partial charge in [-0.3, -0.25) is 4.90 Å². The van der Waals surface area contributed by atoms with Gasteiger partial charge in [0.1, 0.15) is 5.52 Å². The third-order valence-electron chi connectivity index (χ3n) is 4.85. The van der Waals surface area contributed by atoms with Crippen LogP contribution in [-0.2, 0) is 0 Å². The molecule has 3 heterocycles. The molecule has 0 amide bonds. The molecule has 2 unspecified atom stereocenters. The Balaban J connectivity index is 1.82. The number of hydrogen-bond donors (Lipinski definition) is 1. The number of rotatable bonds is 1. The van der Waals surface area contributed by atoms with Gasteiger partial charge in [0.15, 0.2) is 0 Å². The largest absolute Gasteiger partial charge is 0.369 e. The summed E-state index contributed by atoms with van der Waals surface area (Å²) in [6, 6.07) is 7.00. The van der Waals surface area contributed by atoms with Crippen molar-refractivity contribution in [3.63, 3.8) is 0 Å². The van der Waals surface area contributed by atoms with Crippen molar-refractivity contribution >= 4 is 28.6 Å². The van der Waals surface area contributed by atoms with E-state index >= 15 is 0 Å². The minimum atomic E-state index is 0.443. The lowest BCUT2D eigenvalue weighted by Crippen LogP contribution is -2.37. The molecule has 2 atom stereocenters.